The number of pyridine rings is 1. The highest BCUT2D eigenvalue weighted by Crippen LogP contribution is 2.10. The van der Waals surface area contributed by atoms with Gasteiger partial charge >= 0.3 is 0 Å². The normalized spacial score (nSPS) is 12.6. The summed E-state index contributed by atoms with van der Waals surface area (Å²) in [6.45, 7) is 2.93. The van der Waals surface area contributed by atoms with E-state index in [-0.39, 0.29) is 0 Å². The zero-order chi connectivity index (χ0) is 10.5. The first-order valence-electron chi connectivity index (χ1n) is 4.98. The molecule has 78 valence electrons. The Bertz CT molecular complexity index is 382. The van der Waals surface area contributed by atoms with Crippen LogP contribution in [0, 0.1) is 0 Å². The van der Waals surface area contributed by atoms with E-state index in [1.165, 1.54) is 5.56 Å². The number of hydrogen-bond donors (Lipinski definition) is 2. The van der Waals surface area contributed by atoms with Crippen LogP contribution >= 0.6 is 0 Å². The van der Waals surface area contributed by atoms with Gasteiger partial charge < -0.3 is 5.32 Å². The second kappa shape index (κ2) is 4.70. The molecule has 2 aromatic heterocycles. The largest absolute Gasteiger partial charge is 0.305 e. The van der Waals surface area contributed by atoms with E-state index >= 15 is 0 Å². The Morgan fingerprint density at radius 2 is 2.07 bits per heavy atom. The van der Waals surface area contributed by atoms with Crippen LogP contribution in [-0.2, 0) is 6.54 Å². The van der Waals surface area contributed by atoms with Crippen LogP contribution in [0.2, 0.25) is 0 Å². The maximum atomic E-state index is 3.99. The predicted octanol–water partition coefficient (Wildman–Crippen LogP) is 1.66. The fourth-order valence-corrected chi connectivity index (χ4v) is 1.42. The quantitative estimate of drug-likeness (QED) is 0.792. The molecular weight excluding hydrogens is 188 g/mol. The van der Waals surface area contributed by atoms with Gasteiger partial charge in [-0.2, -0.15) is 5.10 Å². The maximum absolute atomic E-state index is 3.99. The molecule has 4 nitrogen and oxygen atoms in total. The summed E-state index contributed by atoms with van der Waals surface area (Å²) in [4.78, 5) is 3.99. The Balaban J connectivity index is 1.90. The first-order valence-corrected chi connectivity index (χ1v) is 4.98. The van der Waals surface area contributed by atoms with Gasteiger partial charge in [0.15, 0.2) is 0 Å². The summed E-state index contributed by atoms with van der Waals surface area (Å²) in [6.07, 6.45) is 5.38. The predicted molar refractivity (Wildman–Crippen MR) is 58.1 cm³/mol. The number of nitrogens with one attached hydrogen (secondary N) is 2. The van der Waals surface area contributed by atoms with Crippen LogP contribution < -0.4 is 5.32 Å². The van der Waals surface area contributed by atoms with Crippen molar-refractivity contribution in [2.45, 2.75) is 19.5 Å². The van der Waals surface area contributed by atoms with Gasteiger partial charge in [0.05, 0.1) is 0 Å². The highest BCUT2D eigenvalue weighted by atomic mass is 15.1. The van der Waals surface area contributed by atoms with Crippen LogP contribution in [-0.4, -0.2) is 15.2 Å². The molecule has 0 aromatic carbocycles. The number of aromatic nitrogens is 3. The Labute approximate surface area is 88.8 Å². The van der Waals surface area contributed by atoms with Crippen molar-refractivity contribution in [3.8, 4) is 0 Å². The molecule has 2 heterocycles. The summed E-state index contributed by atoms with van der Waals surface area (Å²) in [5.41, 5.74) is 2.33. The van der Waals surface area contributed by atoms with E-state index in [0.29, 0.717) is 6.04 Å². The van der Waals surface area contributed by atoms with Crippen molar-refractivity contribution in [3.63, 3.8) is 0 Å². The Hall–Kier alpha value is -1.68. The second-order valence-corrected chi connectivity index (χ2v) is 3.47. The van der Waals surface area contributed by atoms with E-state index in [2.05, 4.69) is 27.4 Å². The van der Waals surface area contributed by atoms with E-state index in [1.807, 2.05) is 30.6 Å². The van der Waals surface area contributed by atoms with Gasteiger partial charge in [0.25, 0.3) is 0 Å². The molecule has 15 heavy (non-hydrogen) atoms. The van der Waals surface area contributed by atoms with Crippen molar-refractivity contribution >= 4 is 0 Å². The van der Waals surface area contributed by atoms with Crippen LogP contribution in [0.3, 0.4) is 0 Å². The van der Waals surface area contributed by atoms with Crippen LogP contribution in [0.15, 0.2) is 36.8 Å². The monoisotopic (exact) mass is 202 g/mol. The minimum atomic E-state index is 0.316. The van der Waals surface area contributed by atoms with Gasteiger partial charge in [-0.25, -0.2) is 0 Å². The van der Waals surface area contributed by atoms with Crippen molar-refractivity contribution in [2.24, 2.45) is 0 Å². The van der Waals surface area contributed by atoms with E-state index < -0.39 is 0 Å². The summed E-state index contributed by atoms with van der Waals surface area (Å²) in [5, 5.41) is 10.2. The molecule has 0 aliphatic carbocycles. The lowest BCUT2D eigenvalue weighted by Crippen LogP contribution is -2.18. The Morgan fingerprint density at radius 1 is 1.27 bits per heavy atom. The molecule has 4 heteroatoms. The molecule has 2 aromatic rings. The number of hydrogen-bond acceptors (Lipinski definition) is 3. The average molecular weight is 202 g/mol. The fraction of sp³-hybridized carbons (Fsp3) is 0.273. The molecule has 2 rings (SSSR count). The van der Waals surface area contributed by atoms with Gasteiger partial charge in [-0.15, -0.1) is 0 Å². The third-order valence-corrected chi connectivity index (χ3v) is 2.36. The SMILES string of the molecule is CC(NCc1ccn[nH]1)c1ccncc1. The molecule has 0 radical (unpaired) electrons. The molecule has 0 spiro atoms. The molecule has 1 unspecified atom stereocenters. The standard InChI is InChI=1S/C11H14N4/c1-9(10-2-5-12-6-3-10)13-8-11-4-7-14-15-11/h2-7,9,13H,8H2,1H3,(H,14,15). The molecule has 0 aliphatic heterocycles. The molecule has 0 fully saturated rings. The van der Waals surface area contributed by atoms with Crippen molar-refractivity contribution in [2.75, 3.05) is 0 Å². The highest BCUT2D eigenvalue weighted by molar-refractivity contribution is 5.14. The van der Waals surface area contributed by atoms with Crippen LogP contribution in [0.5, 0.6) is 0 Å². The summed E-state index contributed by atoms with van der Waals surface area (Å²) in [5.74, 6) is 0. The first kappa shape index (κ1) is 9.86. The topological polar surface area (TPSA) is 53.6 Å². The number of aromatic amines is 1. The zero-order valence-electron chi connectivity index (χ0n) is 8.64. The summed E-state index contributed by atoms with van der Waals surface area (Å²) < 4.78 is 0. The molecular formula is C11H14N4. The molecule has 0 amide bonds. The molecule has 2 N–H and O–H groups in total. The third kappa shape index (κ3) is 2.63. The summed E-state index contributed by atoms with van der Waals surface area (Å²) >= 11 is 0. The lowest BCUT2D eigenvalue weighted by atomic mass is 10.1. The van der Waals surface area contributed by atoms with Crippen molar-refractivity contribution in [1.82, 2.24) is 20.5 Å². The van der Waals surface area contributed by atoms with Crippen LogP contribution in [0.4, 0.5) is 0 Å². The minimum Gasteiger partial charge on any atom is -0.305 e. The van der Waals surface area contributed by atoms with Crippen LogP contribution in [0.1, 0.15) is 24.2 Å². The lowest BCUT2D eigenvalue weighted by Gasteiger charge is -2.12. The molecule has 0 saturated heterocycles. The molecule has 0 bridgehead atoms. The molecule has 0 saturated carbocycles. The van der Waals surface area contributed by atoms with Crippen molar-refractivity contribution < 1.29 is 0 Å². The smallest absolute Gasteiger partial charge is 0.0490 e. The lowest BCUT2D eigenvalue weighted by molar-refractivity contribution is 0.566. The van der Waals surface area contributed by atoms with E-state index in [9.17, 15) is 0 Å². The minimum absolute atomic E-state index is 0.316. The Kier molecular flexibility index (Phi) is 3.09. The van der Waals surface area contributed by atoms with Crippen molar-refractivity contribution in [1.29, 1.82) is 0 Å². The van der Waals surface area contributed by atoms with Gasteiger partial charge in [-0.05, 0) is 30.7 Å². The van der Waals surface area contributed by atoms with Gasteiger partial charge in [-0.1, -0.05) is 0 Å². The number of H-pyrrole nitrogens is 1. The van der Waals surface area contributed by atoms with E-state index in [1.54, 1.807) is 6.20 Å². The molecule has 0 aliphatic rings. The number of rotatable bonds is 4. The van der Waals surface area contributed by atoms with Gasteiger partial charge in [0, 0.05) is 36.9 Å². The molecule has 1 atom stereocenters. The van der Waals surface area contributed by atoms with Gasteiger partial charge in [0.1, 0.15) is 0 Å². The highest BCUT2D eigenvalue weighted by Gasteiger charge is 2.03. The first-order chi connectivity index (χ1) is 7.36. The number of nitrogens with zero attached hydrogens (tertiary/aromatic N) is 2. The fourth-order valence-electron chi connectivity index (χ4n) is 1.42. The summed E-state index contributed by atoms with van der Waals surface area (Å²) in [6, 6.07) is 6.32. The Morgan fingerprint density at radius 3 is 2.73 bits per heavy atom. The maximum Gasteiger partial charge on any atom is 0.0490 e. The van der Waals surface area contributed by atoms with Crippen molar-refractivity contribution in [3.05, 3.63) is 48.0 Å². The van der Waals surface area contributed by atoms with Gasteiger partial charge in [0.2, 0.25) is 0 Å². The summed E-state index contributed by atoms with van der Waals surface area (Å²) in [7, 11) is 0. The van der Waals surface area contributed by atoms with Crippen LogP contribution in [0.25, 0.3) is 0 Å². The zero-order valence-corrected chi connectivity index (χ0v) is 8.64. The van der Waals surface area contributed by atoms with Gasteiger partial charge in [-0.3, -0.25) is 10.1 Å². The third-order valence-electron chi connectivity index (χ3n) is 2.36. The second-order valence-electron chi connectivity index (χ2n) is 3.47. The van der Waals surface area contributed by atoms with E-state index in [4.69, 9.17) is 0 Å². The van der Waals surface area contributed by atoms with E-state index in [0.717, 1.165) is 12.2 Å². The average Bonchev–Trinajstić information content (AvgIpc) is 2.80.